The van der Waals surface area contributed by atoms with E-state index in [-0.39, 0.29) is 30.9 Å². The number of halogens is 1. The third-order valence-corrected chi connectivity index (χ3v) is 5.21. The molecule has 7 heteroatoms. The number of nitrogens with zero attached hydrogens (tertiary/aromatic N) is 1. The number of ether oxygens (including phenoxy) is 2. The van der Waals surface area contributed by atoms with Crippen molar-refractivity contribution in [3.8, 4) is 11.5 Å². The zero-order valence-electron chi connectivity index (χ0n) is 14.6. The Labute approximate surface area is 165 Å². The minimum atomic E-state index is -0.137. The van der Waals surface area contributed by atoms with Crippen LogP contribution < -0.4 is 19.7 Å². The van der Waals surface area contributed by atoms with Crippen LogP contribution in [0.3, 0.4) is 0 Å². The van der Waals surface area contributed by atoms with Crippen molar-refractivity contribution in [2.24, 2.45) is 0 Å². The van der Waals surface area contributed by atoms with E-state index in [2.05, 4.69) is 21.2 Å². The summed E-state index contributed by atoms with van der Waals surface area (Å²) in [5, 5.41) is 3.07. The van der Waals surface area contributed by atoms with Gasteiger partial charge in [0.25, 0.3) is 5.91 Å². The van der Waals surface area contributed by atoms with E-state index in [1.165, 1.54) is 0 Å². The first-order valence-corrected chi connectivity index (χ1v) is 9.65. The molecule has 0 fully saturated rings. The van der Waals surface area contributed by atoms with Gasteiger partial charge in [-0.05, 0) is 30.3 Å². The van der Waals surface area contributed by atoms with E-state index in [4.69, 9.17) is 9.47 Å². The van der Waals surface area contributed by atoms with E-state index >= 15 is 0 Å². The lowest BCUT2D eigenvalue weighted by atomic mass is 10.0. The minimum absolute atomic E-state index is 0.00000156. The number of carbonyl (C=O) groups is 2. The van der Waals surface area contributed by atoms with E-state index in [1.807, 2.05) is 42.5 Å². The van der Waals surface area contributed by atoms with Crippen LogP contribution in [-0.4, -0.2) is 31.6 Å². The summed E-state index contributed by atoms with van der Waals surface area (Å²) in [4.78, 5) is 26.4. The van der Waals surface area contributed by atoms with Crippen LogP contribution in [0.1, 0.15) is 24.4 Å². The molecule has 140 valence electrons. The number of carbonyl (C=O) groups excluding carboxylic acids is 2. The lowest BCUT2D eigenvalue weighted by molar-refractivity contribution is -0.122. The topological polar surface area (TPSA) is 67.9 Å². The first-order valence-electron chi connectivity index (χ1n) is 8.85. The molecular weight excluding hydrogens is 412 g/mol. The van der Waals surface area contributed by atoms with Crippen molar-refractivity contribution in [2.75, 3.05) is 24.7 Å². The number of fused-ring (bicyclic) bond motifs is 2. The second-order valence-corrected chi connectivity index (χ2v) is 7.41. The van der Waals surface area contributed by atoms with Gasteiger partial charge in [-0.15, -0.1) is 0 Å². The zero-order chi connectivity index (χ0) is 18.8. The van der Waals surface area contributed by atoms with Crippen molar-refractivity contribution >= 4 is 33.4 Å². The van der Waals surface area contributed by atoms with Crippen molar-refractivity contribution < 1.29 is 19.1 Å². The fourth-order valence-corrected chi connectivity index (χ4v) is 3.77. The average molecular weight is 431 g/mol. The highest BCUT2D eigenvalue weighted by Gasteiger charge is 2.27. The Balaban J connectivity index is 1.41. The Bertz CT molecular complexity index is 886. The standard InChI is InChI=1S/C20H19BrN2O4/c21-13-5-6-17-14(11-13)15(8-10-26-17)22-19(24)7-9-23-16-3-1-2-4-18(16)27-12-20(23)25/h1-6,11,15H,7-10,12H2,(H,22,24). The van der Waals surface area contributed by atoms with E-state index in [0.29, 0.717) is 31.0 Å². The minimum Gasteiger partial charge on any atom is -0.493 e. The number of anilines is 1. The highest BCUT2D eigenvalue weighted by atomic mass is 79.9. The molecule has 2 aliphatic heterocycles. The summed E-state index contributed by atoms with van der Waals surface area (Å²) in [5.74, 6) is 1.24. The predicted molar refractivity (Wildman–Crippen MR) is 104 cm³/mol. The smallest absolute Gasteiger partial charge is 0.265 e. The van der Waals surface area contributed by atoms with Gasteiger partial charge in [-0.3, -0.25) is 9.59 Å². The molecule has 0 radical (unpaired) electrons. The third kappa shape index (κ3) is 3.78. The van der Waals surface area contributed by atoms with Gasteiger partial charge in [-0.25, -0.2) is 0 Å². The van der Waals surface area contributed by atoms with Crippen LogP contribution in [0.15, 0.2) is 46.9 Å². The maximum atomic E-state index is 12.5. The molecule has 4 rings (SSSR count). The number of hydrogen-bond acceptors (Lipinski definition) is 4. The van der Waals surface area contributed by atoms with Crippen LogP contribution in [0.5, 0.6) is 11.5 Å². The van der Waals surface area contributed by atoms with Crippen LogP contribution >= 0.6 is 15.9 Å². The molecule has 1 atom stereocenters. The highest BCUT2D eigenvalue weighted by Crippen LogP contribution is 2.34. The molecule has 2 heterocycles. The van der Waals surface area contributed by atoms with Gasteiger partial charge in [-0.2, -0.15) is 0 Å². The van der Waals surface area contributed by atoms with Crippen LogP contribution in [0, 0.1) is 0 Å². The summed E-state index contributed by atoms with van der Waals surface area (Å²) in [5.41, 5.74) is 1.68. The molecule has 27 heavy (non-hydrogen) atoms. The first kappa shape index (κ1) is 17.9. The Morgan fingerprint density at radius 1 is 1.19 bits per heavy atom. The number of para-hydroxylation sites is 2. The molecule has 2 aromatic carbocycles. The maximum absolute atomic E-state index is 12.5. The van der Waals surface area contributed by atoms with Crippen molar-refractivity contribution in [2.45, 2.75) is 18.9 Å². The molecule has 0 saturated heterocycles. The molecule has 0 bridgehead atoms. The highest BCUT2D eigenvalue weighted by molar-refractivity contribution is 9.10. The van der Waals surface area contributed by atoms with Gasteiger partial charge >= 0.3 is 0 Å². The summed E-state index contributed by atoms with van der Waals surface area (Å²) in [6.07, 6.45) is 0.940. The first-order chi connectivity index (χ1) is 13.1. The Hall–Kier alpha value is -2.54. The van der Waals surface area contributed by atoms with Crippen molar-refractivity contribution in [3.05, 3.63) is 52.5 Å². The molecule has 6 nitrogen and oxygen atoms in total. The lowest BCUT2D eigenvalue weighted by Crippen LogP contribution is -2.41. The average Bonchev–Trinajstić information content (AvgIpc) is 2.67. The number of amides is 2. The fraction of sp³-hybridized carbons (Fsp3) is 0.300. The van der Waals surface area contributed by atoms with Crippen molar-refractivity contribution in [3.63, 3.8) is 0 Å². The van der Waals surface area contributed by atoms with Crippen LogP contribution in [0.2, 0.25) is 0 Å². The lowest BCUT2D eigenvalue weighted by Gasteiger charge is -2.30. The second kappa shape index (κ2) is 7.60. The van der Waals surface area contributed by atoms with Crippen molar-refractivity contribution in [1.29, 1.82) is 0 Å². The molecule has 2 aliphatic rings. The number of hydrogen-bond donors (Lipinski definition) is 1. The van der Waals surface area contributed by atoms with Crippen molar-refractivity contribution in [1.82, 2.24) is 5.32 Å². The normalized spacial score (nSPS) is 18.0. The molecule has 1 unspecified atom stereocenters. The second-order valence-electron chi connectivity index (χ2n) is 6.49. The van der Waals surface area contributed by atoms with E-state index in [1.54, 1.807) is 4.90 Å². The van der Waals surface area contributed by atoms with Gasteiger partial charge in [0.2, 0.25) is 5.91 Å². The van der Waals surface area contributed by atoms with Gasteiger partial charge in [0.1, 0.15) is 11.5 Å². The largest absolute Gasteiger partial charge is 0.493 e. The quantitative estimate of drug-likeness (QED) is 0.808. The number of nitrogens with one attached hydrogen (secondary N) is 1. The SMILES string of the molecule is O=C(CCN1C(=O)COc2ccccc21)NC1CCOc2ccc(Br)cc21. The number of benzene rings is 2. The molecule has 0 aliphatic carbocycles. The van der Waals surface area contributed by atoms with E-state index in [0.717, 1.165) is 15.8 Å². The van der Waals surface area contributed by atoms with Gasteiger partial charge in [-0.1, -0.05) is 28.1 Å². The molecule has 1 N–H and O–H groups in total. The Morgan fingerprint density at radius 2 is 2.04 bits per heavy atom. The van der Waals surface area contributed by atoms with Gasteiger partial charge in [0, 0.05) is 29.4 Å². The molecule has 0 spiro atoms. The maximum Gasteiger partial charge on any atom is 0.265 e. The summed E-state index contributed by atoms with van der Waals surface area (Å²) in [6, 6.07) is 13.1. The molecule has 2 aromatic rings. The summed E-state index contributed by atoms with van der Waals surface area (Å²) >= 11 is 3.46. The van der Waals surface area contributed by atoms with Crippen LogP contribution in [0.4, 0.5) is 5.69 Å². The van der Waals surface area contributed by atoms with E-state index < -0.39 is 0 Å². The van der Waals surface area contributed by atoms with Gasteiger partial charge < -0.3 is 19.7 Å². The number of rotatable bonds is 4. The fourth-order valence-electron chi connectivity index (χ4n) is 3.39. The van der Waals surface area contributed by atoms with Crippen LogP contribution in [0.25, 0.3) is 0 Å². The van der Waals surface area contributed by atoms with E-state index in [9.17, 15) is 9.59 Å². The summed E-state index contributed by atoms with van der Waals surface area (Å²) in [6.45, 7) is 0.883. The molecular formula is C20H19BrN2O4. The molecule has 2 amide bonds. The molecule has 0 saturated carbocycles. The van der Waals surface area contributed by atoms with Crippen LogP contribution in [-0.2, 0) is 9.59 Å². The van der Waals surface area contributed by atoms with Gasteiger partial charge in [0.05, 0.1) is 18.3 Å². The molecule has 0 aromatic heterocycles. The zero-order valence-corrected chi connectivity index (χ0v) is 16.2. The van der Waals surface area contributed by atoms with Gasteiger partial charge in [0.15, 0.2) is 6.61 Å². The summed E-state index contributed by atoms with van der Waals surface area (Å²) in [7, 11) is 0. The predicted octanol–water partition coefficient (Wildman–Crippen LogP) is 3.20. The summed E-state index contributed by atoms with van der Waals surface area (Å²) < 4.78 is 12.0. The Morgan fingerprint density at radius 3 is 2.93 bits per heavy atom. The monoisotopic (exact) mass is 430 g/mol. The third-order valence-electron chi connectivity index (χ3n) is 4.72. The Kier molecular flexibility index (Phi) is 5.03.